The largest absolute Gasteiger partial charge is 0.310 e. The van der Waals surface area contributed by atoms with Gasteiger partial charge in [0, 0.05) is 37.9 Å². The van der Waals surface area contributed by atoms with E-state index in [0.717, 1.165) is 17.1 Å². The minimum absolute atomic E-state index is 1.12. The number of anilines is 3. The normalized spacial score (nSPS) is 11.5. The van der Waals surface area contributed by atoms with Crippen molar-refractivity contribution in [1.82, 2.24) is 4.57 Å². The molecule has 0 spiro atoms. The lowest BCUT2D eigenvalue weighted by Gasteiger charge is -2.27. The van der Waals surface area contributed by atoms with Gasteiger partial charge in [0.2, 0.25) is 0 Å². The number of thiophene rings is 1. The Morgan fingerprint density at radius 3 is 1.76 bits per heavy atom. The molecular weight excluding hydrogens is 637 g/mol. The molecule has 0 atom stereocenters. The van der Waals surface area contributed by atoms with Crippen molar-refractivity contribution in [2.24, 2.45) is 0 Å². The van der Waals surface area contributed by atoms with Gasteiger partial charge in [-0.15, -0.1) is 11.3 Å². The van der Waals surface area contributed by atoms with Crippen molar-refractivity contribution in [1.29, 1.82) is 0 Å². The van der Waals surface area contributed by atoms with Crippen molar-refractivity contribution in [3.05, 3.63) is 194 Å². The Balaban J connectivity index is 1.15. The Kier molecular flexibility index (Phi) is 7.04. The number of hydrogen-bond acceptors (Lipinski definition) is 2. The van der Waals surface area contributed by atoms with Crippen molar-refractivity contribution in [2.45, 2.75) is 0 Å². The minimum atomic E-state index is 1.12. The molecule has 0 N–H and O–H groups in total. The lowest BCUT2D eigenvalue weighted by Crippen LogP contribution is -2.10. The highest BCUT2D eigenvalue weighted by atomic mass is 32.1. The summed E-state index contributed by atoms with van der Waals surface area (Å²) in [4.78, 5) is 2.38. The third-order valence-corrected chi connectivity index (χ3v) is 11.2. The molecule has 2 heterocycles. The van der Waals surface area contributed by atoms with E-state index >= 15 is 0 Å². The van der Waals surface area contributed by atoms with Gasteiger partial charge in [-0.05, 0) is 88.3 Å². The van der Waals surface area contributed by atoms with Crippen LogP contribution < -0.4 is 4.90 Å². The van der Waals surface area contributed by atoms with Crippen LogP contribution >= 0.6 is 11.3 Å². The van der Waals surface area contributed by atoms with Gasteiger partial charge >= 0.3 is 0 Å². The zero-order chi connectivity index (χ0) is 33.7. The monoisotopic (exact) mass is 668 g/mol. The second-order valence-corrected chi connectivity index (χ2v) is 14.0. The van der Waals surface area contributed by atoms with Gasteiger partial charge in [0.05, 0.1) is 21.4 Å². The van der Waals surface area contributed by atoms with Gasteiger partial charge in [-0.2, -0.15) is 0 Å². The molecular formula is C48H32N2S. The Morgan fingerprint density at radius 1 is 0.412 bits per heavy atom. The summed E-state index contributed by atoms with van der Waals surface area (Å²) >= 11 is 1.89. The highest BCUT2D eigenvalue weighted by Crippen LogP contribution is 2.46. The summed E-state index contributed by atoms with van der Waals surface area (Å²) in [5.41, 5.74) is 12.0. The fourth-order valence-electron chi connectivity index (χ4n) is 7.65. The van der Waals surface area contributed by atoms with Gasteiger partial charge in [0.25, 0.3) is 0 Å². The van der Waals surface area contributed by atoms with Crippen LogP contribution in [0.3, 0.4) is 0 Å². The lowest BCUT2D eigenvalue weighted by atomic mass is 9.95. The van der Waals surface area contributed by atoms with Crippen LogP contribution in [0.25, 0.3) is 69.9 Å². The van der Waals surface area contributed by atoms with E-state index in [-0.39, 0.29) is 0 Å². The van der Waals surface area contributed by atoms with Crippen LogP contribution in [-0.2, 0) is 0 Å². The summed E-state index contributed by atoms with van der Waals surface area (Å²) in [6, 6.07) is 70.2. The van der Waals surface area contributed by atoms with Gasteiger partial charge in [-0.25, -0.2) is 0 Å². The molecule has 0 fully saturated rings. The summed E-state index contributed by atoms with van der Waals surface area (Å²) in [6.07, 6.45) is 0. The number of aromatic nitrogens is 1. The van der Waals surface area contributed by atoms with Crippen molar-refractivity contribution < 1.29 is 0 Å². The van der Waals surface area contributed by atoms with E-state index in [0.29, 0.717) is 0 Å². The van der Waals surface area contributed by atoms with Crippen molar-refractivity contribution in [3.8, 4) is 27.9 Å². The summed E-state index contributed by atoms with van der Waals surface area (Å²) in [5.74, 6) is 0. The van der Waals surface area contributed by atoms with Crippen LogP contribution in [0.5, 0.6) is 0 Å². The molecule has 0 unspecified atom stereocenters. The lowest BCUT2D eigenvalue weighted by molar-refractivity contribution is 1.19. The number of fused-ring (bicyclic) bond motifs is 6. The predicted molar refractivity (Wildman–Crippen MR) is 219 cm³/mol. The Labute approximate surface area is 300 Å². The smallest absolute Gasteiger partial charge is 0.0727 e. The van der Waals surface area contributed by atoms with Crippen LogP contribution in [0, 0.1) is 0 Å². The van der Waals surface area contributed by atoms with Crippen LogP contribution in [0.2, 0.25) is 0 Å². The van der Waals surface area contributed by atoms with E-state index < -0.39 is 0 Å². The Bertz CT molecular complexity index is 2830. The van der Waals surface area contributed by atoms with E-state index in [1.54, 1.807) is 0 Å². The molecule has 0 saturated heterocycles. The average Bonchev–Trinajstić information content (AvgIpc) is 3.74. The molecule has 10 aromatic rings. The third-order valence-electron chi connectivity index (χ3n) is 9.99. The Hall–Kier alpha value is -6.42. The SMILES string of the molecule is c1ccc(-c2ccc(N(c3ccccc3)c3ccc(-c4ccc5c(c4)c4sc6ccccc6c4n5-c4ccccc4)c4ccccc34)cc2)cc1. The number of rotatable bonds is 6. The first kappa shape index (κ1) is 29.5. The first-order valence-electron chi connectivity index (χ1n) is 17.4. The fourth-order valence-corrected chi connectivity index (χ4v) is 8.86. The van der Waals surface area contributed by atoms with Crippen LogP contribution in [0.15, 0.2) is 194 Å². The van der Waals surface area contributed by atoms with E-state index in [1.807, 2.05) is 11.3 Å². The van der Waals surface area contributed by atoms with E-state index in [4.69, 9.17) is 0 Å². The maximum Gasteiger partial charge on any atom is 0.0727 e. The molecule has 0 aliphatic rings. The standard InChI is InChI=1S/C48H32N2S/c1-4-14-33(15-5-1)34-24-27-38(28-25-34)49(36-16-6-2-7-17-36)44-31-29-39(40-20-10-11-21-41(40)44)35-26-30-45-43(32-35)48-47(42-22-12-13-23-46(42)51-48)50(45)37-18-8-3-9-19-37/h1-32H. The number of benzene rings is 8. The molecule has 2 nitrogen and oxygen atoms in total. The molecule has 3 heteroatoms. The van der Waals surface area contributed by atoms with Gasteiger partial charge in [0.15, 0.2) is 0 Å². The highest BCUT2D eigenvalue weighted by Gasteiger charge is 2.20. The zero-order valence-electron chi connectivity index (χ0n) is 27.8. The van der Waals surface area contributed by atoms with Crippen LogP contribution in [-0.4, -0.2) is 4.57 Å². The quantitative estimate of drug-likeness (QED) is 0.171. The average molecular weight is 669 g/mol. The minimum Gasteiger partial charge on any atom is -0.310 e. The van der Waals surface area contributed by atoms with Gasteiger partial charge in [0.1, 0.15) is 0 Å². The molecule has 0 aliphatic heterocycles. The summed E-state index contributed by atoms with van der Waals surface area (Å²) < 4.78 is 5.08. The number of hydrogen-bond donors (Lipinski definition) is 0. The zero-order valence-corrected chi connectivity index (χ0v) is 28.6. The maximum absolute atomic E-state index is 2.44. The molecule has 2 aromatic heterocycles. The van der Waals surface area contributed by atoms with Gasteiger partial charge in [-0.1, -0.05) is 133 Å². The maximum atomic E-state index is 2.44. The summed E-state index contributed by atoms with van der Waals surface area (Å²) in [6.45, 7) is 0. The molecule has 8 aromatic carbocycles. The Morgan fingerprint density at radius 2 is 1.00 bits per heavy atom. The molecule has 0 radical (unpaired) electrons. The molecule has 0 aliphatic carbocycles. The van der Waals surface area contributed by atoms with Crippen molar-refractivity contribution in [2.75, 3.05) is 4.90 Å². The molecule has 0 bridgehead atoms. The third kappa shape index (κ3) is 4.93. The van der Waals surface area contributed by atoms with Gasteiger partial charge in [-0.3, -0.25) is 0 Å². The fraction of sp³-hybridized carbons (Fsp3) is 0. The molecule has 0 saturated carbocycles. The van der Waals surface area contributed by atoms with Gasteiger partial charge < -0.3 is 9.47 Å². The van der Waals surface area contributed by atoms with E-state index in [2.05, 4.69) is 204 Å². The molecule has 240 valence electrons. The first-order chi connectivity index (χ1) is 25.3. The number of nitrogens with zero attached hydrogens (tertiary/aromatic N) is 2. The van der Waals surface area contributed by atoms with Crippen LogP contribution in [0.1, 0.15) is 0 Å². The van der Waals surface area contributed by atoms with E-state index in [1.165, 1.54) is 69.9 Å². The second kappa shape index (κ2) is 12.2. The molecule has 0 amide bonds. The first-order valence-corrected chi connectivity index (χ1v) is 18.2. The molecule has 51 heavy (non-hydrogen) atoms. The summed E-state index contributed by atoms with van der Waals surface area (Å²) in [7, 11) is 0. The second-order valence-electron chi connectivity index (χ2n) is 12.9. The van der Waals surface area contributed by atoms with Crippen LogP contribution in [0.4, 0.5) is 17.1 Å². The summed E-state index contributed by atoms with van der Waals surface area (Å²) in [5, 5.41) is 5.02. The molecule has 10 rings (SSSR count). The predicted octanol–water partition coefficient (Wildman–Crippen LogP) is 14.0. The highest BCUT2D eigenvalue weighted by molar-refractivity contribution is 7.26. The van der Waals surface area contributed by atoms with Crippen molar-refractivity contribution in [3.63, 3.8) is 0 Å². The van der Waals surface area contributed by atoms with Crippen molar-refractivity contribution >= 4 is 70.4 Å². The number of para-hydroxylation sites is 2. The topological polar surface area (TPSA) is 8.17 Å². The van der Waals surface area contributed by atoms with E-state index in [9.17, 15) is 0 Å².